The molecule has 0 aromatic heterocycles. The van der Waals surface area contributed by atoms with Gasteiger partial charge in [-0.25, -0.2) is 4.20 Å². The Morgan fingerprint density at radius 1 is 0.409 bits per heavy atom. The zero-order valence-corrected chi connectivity index (χ0v) is 10.0. The van der Waals surface area contributed by atoms with Crippen LogP contribution >= 0.6 is 8.23 Å². The third kappa shape index (κ3) is 2.92. The summed E-state index contributed by atoms with van der Waals surface area (Å²) in [6.45, 7) is 0. The highest BCUT2D eigenvalue weighted by Gasteiger charge is 2.86. The normalized spacial score (nSPS) is 16.4. The summed E-state index contributed by atoms with van der Waals surface area (Å²) < 4.78 is 181. The highest BCUT2D eigenvalue weighted by molar-refractivity contribution is 7.55. The van der Waals surface area contributed by atoms with E-state index in [-0.39, 0.29) is 0 Å². The molecule has 0 N–H and O–H groups in total. The Morgan fingerprint density at radius 2 is 0.591 bits per heavy atom. The Labute approximate surface area is 111 Å². The smallest absolute Gasteiger partial charge is 0.213 e. The monoisotopic (exact) mass is 388 g/mol. The molecule has 0 aliphatic rings. The summed E-state index contributed by atoms with van der Waals surface area (Å²) in [7, 11) is -7.28. The number of hydrogen-bond acceptors (Lipinski definition) is 0. The first-order valence-electron chi connectivity index (χ1n) is 4.26. The lowest BCUT2D eigenvalue weighted by molar-refractivity contribution is -0.345. The molecule has 0 saturated heterocycles. The van der Waals surface area contributed by atoms with Crippen LogP contribution < -0.4 is 0 Å². The van der Waals surface area contributed by atoms with Crippen LogP contribution in [0.25, 0.3) is 0 Å². The predicted octanol–water partition coefficient (Wildman–Crippen LogP) is 5.93. The first-order chi connectivity index (χ1) is 9.15. The highest BCUT2D eigenvalue weighted by Crippen LogP contribution is 2.74. The van der Waals surface area contributed by atoms with E-state index in [1.54, 1.807) is 0 Å². The fourth-order valence-electron chi connectivity index (χ4n) is 0.764. The molecule has 0 spiro atoms. The molecule has 0 aliphatic heterocycles. The van der Waals surface area contributed by atoms with Gasteiger partial charge in [0.05, 0.1) is 0 Å². The van der Waals surface area contributed by atoms with Gasteiger partial charge < -0.3 is 0 Å². The van der Waals surface area contributed by atoms with Gasteiger partial charge in [-0.1, -0.05) is 0 Å². The van der Waals surface area contributed by atoms with Gasteiger partial charge in [-0.15, -0.1) is 0 Å². The van der Waals surface area contributed by atoms with Crippen LogP contribution in [0.4, 0.5) is 65.7 Å². The van der Waals surface area contributed by atoms with E-state index in [1.165, 1.54) is 0 Å². The SMILES string of the molecule is FP(C(F)(F)C(F)(F)C(F)(F)F)C(F)(F)C(F)(F)C(F)(F)F. The van der Waals surface area contributed by atoms with E-state index in [9.17, 15) is 65.7 Å². The molecule has 0 radical (unpaired) electrons. The van der Waals surface area contributed by atoms with Crippen LogP contribution in [0.5, 0.6) is 0 Å². The third-order valence-corrected chi connectivity index (χ3v) is 3.51. The molecule has 134 valence electrons. The maximum Gasteiger partial charge on any atom is 0.460 e. The Morgan fingerprint density at radius 3 is 0.727 bits per heavy atom. The van der Waals surface area contributed by atoms with Gasteiger partial charge in [-0.05, 0) is 0 Å². The topological polar surface area (TPSA) is 0 Å². The Hall–Kier alpha value is -0.620. The van der Waals surface area contributed by atoms with Crippen molar-refractivity contribution in [1.82, 2.24) is 0 Å². The first kappa shape index (κ1) is 21.4. The lowest BCUT2D eigenvalue weighted by Crippen LogP contribution is -2.57. The average Bonchev–Trinajstić information content (AvgIpc) is 2.24. The predicted molar refractivity (Wildman–Crippen MR) is 39.9 cm³/mol. The molecule has 0 fully saturated rings. The summed E-state index contributed by atoms with van der Waals surface area (Å²) in [5.74, 6) is -15.2. The van der Waals surface area contributed by atoms with E-state index < -0.39 is 43.8 Å². The Bertz CT molecular complexity index is 363. The summed E-state index contributed by atoms with van der Waals surface area (Å²) in [6.07, 6.45) is -14.8. The van der Waals surface area contributed by atoms with Gasteiger partial charge in [-0.3, -0.25) is 0 Å². The molecule has 0 rings (SSSR count). The second-order valence-corrected chi connectivity index (χ2v) is 5.19. The highest BCUT2D eigenvalue weighted by atomic mass is 31.2. The van der Waals surface area contributed by atoms with Gasteiger partial charge >= 0.3 is 35.5 Å². The molecule has 0 atom stereocenters. The van der Waals surface area contributed by atoms with Crippen LogP contribution in [0, 0.1) is 0 Å². The van der Waals surface area contributed by atoms with E-state index >= 15 is 0 Å². The summed E-state index contributed by atoms with van der Waals surface area (Å²) in [5, 5.41) is 0. The fourth-order valence-corrected chi connectivity index (χ4v) is 1.86. The molecule has 0 bridgehead atoms. The molecule has 0 nitrogen and oxygen atoms in total. The Balaban J connectivity index is 6.00. The van der Waals surface area contributed by atoms with Crippen LogP contribution in [-0.2, 0) is 0 Å². The van der Waals surface area contributed by atoms with E-state index in [2.05, 4.69) is 0 Å². The van der Waals surface area contributed by atoms with Gasteiger partial charge in [0.2, 0.25) is 8.23 Å². The largest absolute Gasteiger partial charge is 0.460 e. The van der Waals surface area contributed by atoms with Crippen LogP contribution in [0.2, 0.25) is 0 Å². The first-order valence-corrected chi connectivity index (χ1v) is 5.49. The zero-order valence-electron chi connectivity index (χ0n) is 9.12. The van der Waals surface area contributed by atoms with E-state index in [1.807, 2.05) is 0 Å². The second kappa shape index (κ2) is 5.20. The number of halogens is 15. The lowest BCUT2D eigenvalue weighted by Gasteiger charge is -2.36. The van der Waals surface area contributed by atoms with Gasteiger partial charge in [0, 0.05) is 0 Å². The summed E-state index contributed by atoms with van der Waals surface area (Å²) in [6, 6.07) is 0. The molecular weight excluding hydrogens is 388 g/mol. The van der Waals surface area contributed by atoms with Gasteiger partial charge in [0.1, 0.15) is 0 Å². The van der Waals surface area contributed by atoms with Crippen molar-refractivity contribution in [3.63, 3.8) is 0 Å². The van der Waals surface area contributed by atoms with E-state index in [0.29, 0.717) is 0 Å². The lowest BCUT2D eigenvalue weighted by atomic mass is 10.3. The molecule has 0 aliphatic carbocycles. The Kier molecular flexibility index (Phi) is 5.05. The number of rotatable bonds is 4. The third-order valence-electron chi connectivity index (χ3n) is 1.96. The van der Waals surface area contributed by atoms with Crippen molar-refractivity contribution in [3.05, 3.63) is 0 Å². The van der Waals surface area contributed by atoms with Crippen molar-refractivity contribution < 1.29 is 65.7 Å². The summed E-state index contributed by atoms with van der Waals surface area (Å²) in [4.78, 5) is 0. The molecule has 0 amide bonds. The number of hydrogen-bond donors (Lipinski definition) is 0. The van der Waals surface area contributed by atoms with Crippen LogP contribution in [0.15, 0.2) is 0 Å². The maximum atomic E-state index is 12.6. The van der Waals surface area contributed by atoms with Crippen molar-refractivity contribution in [3.8, 4) is 0 Å². The summed E-state index contributed by atoms with van der Waals surface area (Å²) in [5.41, 5.74) is -15.1. The molecule has 0 aromatic carbocycles. The van der Waals surface area contributed by atoms with Crippen LogP contribution in [0.3, 0.4) is 0 Å². The van der Waals surface area contributed by atoms with Crippen LogP contribution in [-0.4, -0.2) is 35.5 Å². The van der Waals surface area contributed by atoms with Gasteiger partial charge in [-0.2, -0.15) is 61.5 Å². The zero-order chi connectivity index (χ0) is 18.6. The number of alkyl halides is 14. The van der Waals surface area contributed by atoms with Crippen molar-refractivity contribution in [1.29, 1.82) is 0 Å². The second-order valence-electron chi connectivity index (χ2n) is 3.51. The minimum Gasteiger partial charge on any atom is -0.213 e. The standard InChI is InChI=1S/C6F15P/c7-1(8,3(11,12)13)5(17,18)22(21)6(19,20)2(9,10)4(14,15)16. The van der Waals surface area contributed by atoms with Crippen molar-refractivity contribution in [2.75, 3.05) is 0 Å². The maximum absolute atomic E-state index is 12.6. The molecular formula is C6F15P. The van der Waals surface area contributed by atoms with Gasteiger partial charge in [0.15, 0.2) is 0 Å². The van der Waals surface area contributed by atoms with Crippen molar-refractivity contribution in [2.45, 2.75) is 35.5 Å². The van der Waals surface area contributed by atoms with Crippen molar-refractivity contribution >= 4 is 8.23 Å². The van der Waals surface area contributed by atoms with Crippen LogP contribution in [0.1, 0.15) is 0 Å². The average molecular weight is 388 g/mol. The molecule has 0 aromatic rings. The van der Waals surface area contributed by atoms with Crippen molar-refractivity contribution in [2.24, 2.45) is 0 Å². The van der Waals surface area contributed by atoms with Gasteiger partial charge in [0.25, 0.3) is 0 Å². The molecule has 0 unspecified atom stereocenters. The molecule has 0 heterocycles. The molecule has 0 saturated carbocycles. The fraction of sp³-hybridized carbons (Fsp3) is 1.00. The molecule has 16 heteroatoms. The van der Waals surface area contributed by atoms with E-state index in [0.717, 1.165) is 0 Å². The minimum absolute atomic E-state index is 7.28. The minimum atomic E-state index is -7.61. The summed E-state index contributed by atoms with van der Waals surface area (Å²) >= 11 is 0. The quantitative estimate of drug-likeness (QED) is 0.414. The van der Waals surface area contributed by atoms with E-state index in [4.69, 9.17) is 0 Å². The molecule has 22 heavy (non-hydrogen) atoms.